The van der Waals surface area contributed by atoms with E-state index in [1.54, 1.807) is 12.1 Å². The fourth-order valence-electron chi connectivity index (χ4n) is 5.25. The second kappa shape index (κ2) is 9.10. The first-order chi connectivity index (χ1) is 14.9. The third-order valence-corrected chi connectivity index (χ3v) is 8.36. The standard InChI is InChI=1S/C24H30N2O4S/c1-16(22-15-17-8-9-19(22)14-17)26-31(28,29)21-12-10-20(11-13-21)25-24(27)23(30-2)18-6-4-3-5-7-18/h3-7,10-13,16-17,19,22-23,26H,8-9,14-15H2,1-2H3,(H,25,27)/t16?,17?,19?,22?,23-/m1/s1. The van der Waals surface area contributed by atoms with Crippen LogP contribution in [0.5, 0.6) is 0 Å². The quantitative estimate of drug-likeness (QED) is 0.644. The fraction of sp³-hybridized carbons (Fsp3) is 0.458. The molecule has 4 unspecified atom stereocenters. The Morgan fingerprint density at radius 2 is 1.74 bits per heavy atom. The number of fused-ring (bicyclic) bond motifs is 2. The molecule has 1 amide bonds. The lowest BCUT2D eigenvalue weighted by Gasteiger charge is -2.28. The van der Waals surface area contributed by atoms with Gasteiger partial charge in [-0.05, 0) is 73.8 Å². The van der Waals surface area contributed by atoms with Gasteiger partial charge in [-0.25, -0.2) is 13.1 Å². The van der Waals surface area contributed by atoms with Gasteiger partial charge in [0.15, 0.2) is 6.10 Å². The molecule has 0 heterocycles. The van der Waals surface area contributed by atoms with Crippen LogP contribution in [-0.2, 0) is 19.6 Å². The molecule has 2 aliphatic rings. The number of methoxy groups -OCH3 is 1. The summed E-state index contributed by atoms with van der Waals surface area (Å²) in [5, 5.41) is 2.79. The molecule has 2 saturated carbocycles. The summed E-state index contributed by atoms with van der Waals surface area (Å²) in [6.07, 6.45) is 4.15. The number of benzene rings is 2. The highest BCUT2D eigenvalue weighted by Crippen LogP contribution is 2.49. The van der Waals surface area contributed by atoms with Crippen molar-refractivity contribution in [3.05, 3.63) is 60.2 Å². The van der Waals surface area contributed by atoms with Crippen LogP contribution >= 0.6 is 0 Å². The molecule has 0 aliphatic heterocycles. The smallest absolute Gasteiger partial charge is 0.258 e. The van der Waals surface area contributed by atoms with Gasteiger partial charge >= 0.3 is 0 Å². The van der Waals surface area contributed by atoms with Crippen molar-refractivity contribution in [3.8, 4) is 0 Å². The highest BCUT2D eigenvalue weighted by Gasteiger charge is 2.42. The van der Waals surface area contributed by atoms with Crippen molar-refractivity contribution in [2.24, 2.45) is 17.8 Å². The predicted octanol–water partition coefficient (Wildman–Crippen LogP) is 4.12. The Bertz CT molecular complexity index is 1010. The van der Waals surface area contributed by atoms with Crippen LogP contribution < -0.4 is 10.0 Å². The summed E-state index contributed by atoms with van der Waals surface area (Å²) < 4.78 is 33.9. The zero-order valence-corrected chi connectivity index (χ0v) is 18.8. The van der Waals surface area contributed by atoms with Crippen molar-refractivity contribution in [1.29, 1.82) is 0 Å². The second-order valence-electron chi connectivity index (χ2n) is 8.79. The predicted molar refractivity (Wildman–Crippen MR) is 120 cm³/mol. The van der Waals surface area contributed by atoms with Gasteiger partial charge in [-0.2, -0.15) is 0 Å². The molecule has 166 valence electrons. The highest BCUT2D eigenvalue weighted by atomic mass is 32.2. The number of ether oxygens (including phenoxy) is 1. The summed E-state index contributed by atoms with van der Waals surface area (Å²) >= 11 is 0. The van der Waals surface area contributed by atoms with Gasteiger partial charge in [0.05, 0.1) is 4.90 Å². The minimum absolute atomic E-state index is 0.0759. The van der Waals surface area contributed by atoms with Gasteiger partial charge in [0.2, 0.25) is 10.0 Å². The van der Waals surface area contributed by atoms with Crippen molar-refractivity contribution in [1.82, 2.24) is 4.72 Å². The van der Waals surface area contributed by atoms with Crippen molar-refractivity contribution < 1.29 is 17.9 Å². The van der Waals surface area contributed by atoms with E-state index in [1.807, 2.05) is 37.3 Å². The average molecular weight is 443 g/mol. The monoisotopic (exact) mass is 442 g/mol. The highest BCUT2D eigenvalue weighted by molar-refractivity contribution is 7.89. The number of rotatable bonds is 8. The molecule has 2 aromatic carbocycles. The minimum Gasteiger partial charge on any atom is -0.367 e. The minimum atomic E-state index is -3.61. The molecule has 31 heavy (non-hydrogen) atoms. The molecule has 0 spiro atoms. The first kappa shape index (κ1) is 22.0. The van der Waals surface area contributed by atoms with Crippen molar-refractivity contribution in [3.63, 3.8) is 0 Å². The Hall–Kier alpha value is -2.22. The number of hydrogen-bond donors (Lipinski definition) is 2. The van der Waals surface area contributed by atoms with Crippen LogP contribution in [0.4, 0.5) is 5.69 Å². The van der Waals surface area contributed by atoms with E-state index in [2.05, 4.69) is 10.0 Å². The normalized spacial score (nSPS) is 24.6. The summed E-state index contributed by atoms with van der Waals surface area (Å²) in [6.45, 7) is 1.98. The maximum Gasteiger partial charge on any atom is 0.258 e. The van der Waals surface area contributed by atoms with Crippen LogP contribution in [0.1, 0.15) is 44.3 Å². The van der Waals surface area contributed by atoms with Gasteiger partial charge < -0.3 is 10.1 Å². The summed E-state index contributed by atoms with van der Waals surface area (Å²) in [7, 11) is -2.13. The summed E-state index contributed by atoms with van der Waals surface area (Å²) in [4.78, 5) is 12.8. The van der Waals surface area contributed by atoms with Gasteiger partial charge in [0.25, 0.3) is 5.91 Å². The summed E-state index contributed by atoms with van der Waals surface area (Å²) in [5.74, 6) is 1.54. The Kier molecular flexibility index (Phi) is 6.46. The van der Waals surface area contributed by atoms with Gasteiger partial charge in [-0.1, -0.05) is 36.8 Å². The molecule has 5 atom stereocenters. The van der Waals surface area contributed by atoms with E-state index in [-0.39, 0.29) is 16.8 Å². The Balaban J connectivity index is 1.39. The lowest BCUT2D eigenvalue weighted by atomic mass is 9.84. The number of nitrogens with one attached hydrogen (secondary N) is 2. The molecular formula is C24H30N2O4S. The van der Waals surface area contributed by atoms with Crippen molar-refractivity contribution >= 4 is 21.6 Å². The van der Waals surface area contributed by atoms with E-state index in [0.717, 1.165) is 17.9 Å². The number of sulfonamides is 1. The van der Waals surface area contributed by atoms with Crippen LogP contribution in [0, 0.1) is 17.8 Å². The largest absolute Gasteiger partial charge is 0.367 e. The van der Waals surface area contributed by atoms with Crippen molar-refractivity contribution in [2.45, 2.75) is 49.6 Å². The number of carbonyl (C=O) groups is 1. The molecular weight excluding hydrogens is 412 g/mol. The van der Waals surface area contributed by atoms with Crippen LogP contribution in [0.25, 0.3) is 0 Å². The lowest BCUT2D eigenvalue weighted by Crippen LogP contribution is -2.40. The fourth-order valence-corrected chi connectivity index (χ4v) is 6.55. The molecule has 7 heteroatoms. The Morgan fingerprint density at radius 3 is 2.32 bits per heavy atom. The first-order valence-corrected chi connectivity index (χ1v) is 12.4. The van der Waals surface area contributed by atoms with E-state index in [0.29, 0.717) is 17.5 Å². The van der Waals surface area contributed by atoms with Crippen LogP contribution in [0.2, 0.25) is 0 Å². The van der Waals surface area contributed by atoms with E-state index >= 15 is 0 Å². The third-order valence-electron chi connectivity index (χ3n) is 6.78. The van der Waals surface area contributed by atoms with Crippen LogP contribution in [-0.4, -0.2) is 27.5 Å². The lowest BCUT2D eigenvalue weighted by molar-refractivity contribution is -0.126. The second-order valence-corrected chi connectivity index (χ2v) is 10.5. The van der Waals surface area contributed by atoms with Crippen LogP contribution in [0.3, 0.4) is 0 Å². The molecule has 2 aliphatic carbocycles. The molecule has 2 N–H and O–H groups in total. The molecule has 2 fully saturated rings. The zero-order chi connectivity index (χ0) is 22.0. The zero-order valence-electron chi connectivity index (χ0n) is 18.0. The summed E-state index contributed by atoms with van der Waals surface area (Å²) in [5.41, 5.74) is 1.27. The van der Waals surface area contributed by atoms with Crippen LogP contribution in [0.15, 0.2) is 59.5 Å². The van der Waals surface area contributed by atoms with E-state index in [1.165, 1.54) is 38.5 Å². The van der Waals surface area contributed by atoms with E-state index < -0.39 is 16.1 Å². The van der Waals surface area contributed by atoms with Crippen molar-refractivity contribution in [2.75, 3.05) is 12.4 Å². The number of hydrogen-bond acceptors (Lipinski definition) is 4. The molecule has 0 aromatic heterocycles. The van der Waals surface area contributed by atoms with E-state index in [9.17, 15) is 13.2 Å². The van der Waals surface area contributed by atoms with Gasteiger partial charge in [0.1, 0.15) is 0 Å². The Labute approximate surface area is 184 Å². The topological polar surface area (TPSA) is 84.5 Å². The first-order valence-electron chi connectivity index (χ1n) is 10.9. The molecule has 4 rings (SSSR count). The number of carbonyl (C=O) groups excluding carboxylic acids is 1. The van der Waals surface area contributed by atoms with E-state index in [4.69, 9.17) is 4.74 Å². The molecule has 2 bridgehead atoms. The molecule has 6 nitrogen and oxygen atoms in total. The molecule has 0 radical (unpaired) electrons. The maximum atomic E-state index is 12.9. The third kappa shape index (κ3) is 4.84. The molecule has 2 aromatic rings. The average Bonchev–Trinajstić information content (AvgIpc) is 3.39. The van der Waals surface area contributed by atoms with Gasteiger partial charge in [-0.3, -0.25) is 4.79 Å². The molecule has 0 saturated heterocycles. The maximum absolute atomic E-state index is 12.9. The summed E-state index contributed by atoms with van der Waals surface area (Å²) in [6, 6.07) is 15.4. The van der Waals surface area contributed by atoms with Gasteiger partial charge in [-0.15, -0.1) is 0 Å². The number of anilines is 1. The Morgan fingerprint density at radius 1 is 1.03 bits per heavy atom. The van der Waals surface area contributed by atoms with Gasteiger partial charge in [0, 0.05) is 18.8 Å². The number of amides is 1. The SMILES string of the molecule is CO[C@@H](C(=O)Nc1ccc(S(=O)(=O)NC(C)C2CC3CCC2C3)cc1)c1ccccc1.